The number of anilines is 2. The first-order valence-electron chi connectivity index (χ1n) is 10.9. The third-order valence-corrected chi connectivity index (χ3v) is 5.70. The van der Waals surface area contributed by atoms with E-state index < -0.39 is 5.97 Å². The smallest absolute Gasteiger partial charge is 0.316 e. The van der Waals surface area contributed by atoms with Crippen molar-refractivity contribution in [1.82, 2.24) is 19.9 Å². The van der Waals surface area contributed by atoms with E-state index >= 15 is 0 Å². The Morgan fingerprint density at radius 3 is 2.55 bits per heavy atom. The molecule has 168 valence electrons. The van der Waals surface area contributed by atoms with Crippen LogP contribution in [0.15, 0.2) is 12.4 Å². The second-order valence-electron chi connectivity index (χ2n) is 8.07. The molecule has 0 amide bonds. The Bertz CT molecular complexity index is 870. The number of ether oxygens (including phenoxy) is 1. The minimum atomic E-state index is -0.810. The zero-order valence-corrected chi connectivity index (χ0v) is 18.3. The topological polar surface area (TPSA) is 136 Å². The fourth-order valence-electron chi connectivity index (χ4n) is 3.93. The highest BCUT2D eigenvalue weighted by molar-refractivity contribution is 5.68. The van der Waals surface area contributed by atoms with Crippen LogP contribution in [-0.2, 0) is 11.2 Å². The summed E-state index contributed by atoms with van der Waals surface area (Å²) in [6.45, 7) is 0. The van der Waals surface area contributed by atoms with Gasteiger partial charge in [0, 0.05) is 25.0 Å². The molecule has 0 saturated heterocycles. The van der Waals surface area contributed by atoms with Crippen LogP contribution in [0.3, 0.4) is 0 Å². The lowest BCUT2D eigenvalue weighted by Gasteiger charge is -2.15. The molecule has 9 nitrogen and oxygen atoms in total. The van der Waals surface area contributed by atoms with Gasteiger partial charge in [-0.3, -0.25) is 4.79 Å². The third-order valence-electron chi connectivity index (χ3n) is 5.70. The van der Waals surface area contributed by atoms with Gasteiger partial charge in [-0.25, -0.2) is 15.0 Å². The molecule has 31 heavy (non-hydrogen) atoms. The number of carboxylic acids is 1. The standard InChI is InChI=1S/C22H32N6O3/c1-24-21-27-17(19(14-9-10-14)20(23)28-21)8-6-4-3-5-7-15(11-18(29)30)16-12-25-22(31-2)26-13-16/h12-15H,3-11H2,1-2H3,(H,29,30)(H3,23,24,27,28)/t15-/m0/s1. The highest BCUT2D eigenvalue weighted by Gasteiger charge is 2.30. The number of nitrogens with two attached hydrogens (primary N) is 1. The summed E-state index contributed by atoms with van der Waals surface area (Å²) in [5.41, 5.74) is 9.23. The molecule has 1 saturated carbocycles. The second kappa shape index (κ2) is 10.9. The summed E-state index contributed by atoms with van der Waals surface area (Å²) in [5.74, 6) is 0.800. The highest BCUT2D eigenvalue weighted by Crippen LogP contribution is 2.44. The number of rotatable bonds is 13. The number of hydrogen-bond donors (Lipinski definition) is 3. The Morgan fingerprint density at radius 2 is 1.94 bits per heavy atom. The van der Waals surface area contributed by atoms with Crippen LogP contribution >= 0.6 is 0 Å². The lowest BCUT2D eigenvalue weighted by atomic mass is 9.92. The van der Waals surface area contributed by atoms with Crippen molar-refractivity contribution >= 4 is 17.7 Å². The molecule has 1 atom stereocenters. The Labute approximate surface area is 182 Å². The van der Waals surface area contributed by atoms with Gasteiger partial charge in [-0.15, -0.1) is 0 Å². The number of carboxylic acid groups (broad SMARTS) is 1. The molecule has 2 aromatic rings. The van der Waals surface area contributed by atoms with E-state index in [0.29, 0.717) is 17.7 Å². The average Bonchev–Trinajstić information content (AvgIpc) is 3.59. The molecule has 2 heterocycles. The van der Waals surface area contributed by atoms with Crippen LogP contribution in [0.4, 0.5) is 11.8 Å². The zero-order valence-electron chi connectivity index (χ0n) is 18.3. The van der Waals surface area contributed by atoms with Gasteiger partial charge >= 0.3 is 12.0 Å². The Kier molecular flexibility index (Phi) is 7.97. The van der Waals surface area contributed by atoms with Crippen LogP contribution < -0.4 is 15.8 Å². The maximum absolute atomic E-state index is 11.3. The first-order chi connectivity index (χ1) is 15.0. The van der Waals surface area contributed by atoms with Crippen molar-refractivity contribution in [2.24, 2.45) is 0 Å². The number of nitrogens with zero attached hydrogens (tertiary/aromatic N) is 4. The lowest BCUT2D eigenvalue weighted by molar-refractivity contribution is -0.137. The number of aryl methyl sites for hydroxylation is 1. The van der Waals surface area contributed by atoms with E-state index in [2.05, 4.69) is 25.3 Å². The Hall–Kier alpha value is -2.97. The van der Waals surface area contributed by atoms with Crippen LogP contribution in [0.5, 0.6) is 6.01 Å². The van der Waals surface area contributed by atoms with Gasteiger partial charge in [0.25, 0.3) is 0 Å². The molecule has 0 bridgehead atoms. The molecular weight excluding hydrogens is 396 g/mol. The maximum atomic E-state index is 11.3. The van der Waals surface area contributed by atoms with Gasteiger partial charge in [0.15, 0.2) is 0 Å². The average molecular weight is 429 g/mol. The first kappa shape index (κ1) is 22.7. The van der Waals surface area contributed by atoms with Crippen LogP contribution in [-0.4, -0.2) is 45.2 Å². The molecule has 0 aliphatic heterocycles. The molecule has 1 aliphatic rings. The summed E-state index contributed by atoms with van der Waals surface area (Å²) in [4.78, 5) is 28.5. The van der Waals surface area contributed by atoms with Gasteiger partial charge in [0.05, 0.1) is 19.2 Å². The number of carbonyl (C=O) groups is 1. The summed E-state index contributed by atoms with van der Waals surface area (Å²) < 4.78 is 4.98. The lowest BCUT2D eigenvalue weighted by Crippen LogP contribution is -2.09. The van der Waals surface area contributed by atoms with Crippen molar-refractivity contribution in [3.8, 4) is 6.01 Å². The molecule has 1 aliphatic carbocycles. The van der Waals surface area contributed by atoms with E-state index in [1.165, 1.54) is 20.0 Å². The molecule has 0 unspecified atom stereocenters. The van der Waals surface area contributed by atoms with Gasteiger partial charge in [-0.1, -0.05) is 19.3 Å². The Balaban J connectivity index is 1.48. The SMILES string of the molecule is CNc1nc(N)c(C2CC2)c(CCCCCC[C@@H](CC(=O)O)c2cnc(OC)nc2)n1. The molecule has 1 fully saturated rings. The van der Waals surface area contributed by atoms with E-state index in [1.807, 2.05) is 0 Å². The quantitative estimate of drug-likeness (QED) is 0.409. The number of aliphatic carboxylic acids is 1. The van der Waals surface area contributed by atoms with E-state index in [0.717, 1.165) is 55.3 Å². The second-order valence-corrected chi connectivity index (χ2v) is 8.07. The van der Waals surface area contributed by atoms with Crippen molar-refractivity contribution in [2.75, 3.05) is 25.2 Å². The van der Waals surface area contributed by atoms with Gasteiger partial charge in [0.2, 0.25) is 5.95 Å². The van der Waals surface area contributed by atoms with Crippen LogP contribution in [0.25, 0.3) is 0 Å². The minimum Gasteiger partial charge on any atom is -0.481 e. The molecular formula is C22H32N6O3. The maximum Gasteiger partial charge on any atom is 0.316 e. The molecule has 9 heteroatoms. The fourth-order valence-corrected chi connectivity index (χ4v) is 3.93. The van der Waals surface area contributed by atoms with E-state index in [4.69, 9.17) is 10.5 Å². The number of nitrogen functional groups attached to an aromatic ring is 1. The summed E-state index contributed by atoms with van der Waals surface area (Å²) in [6, 6.07) is 0.287. The Morgan fingerprint density at radius 1 is 1.23 bits per heavy atom. The van der Waals surface area contributed by atoms with Crippen molar-refractivity contribution in [2.45, 2.75) is 69.6 Å². The van der Waals surface area contributed by atoms with Crippen molar-refractivity contribution < 1.29 is 14.6 Å². The summed E-state index contributed by atoms with van der Waals surface area (Å²) in [7, 11) is 3.31. The largest absolute Gasteiger partial charge is 0.481 e. The molecule has 4 N–H and O–H groups in total. The number of nitrogens with one attached hydrogen (secondary N) is 1. The van der Waals surface area contributed by atoms with Gasteiger partial charge in [0.1, 0.15) is 5.82 Å². The molecule has 0 spiro atoms. The van der Waals surface area contributed by atoms with Gasteiger partial charge in [-0.05, 0) is 49.5 Å². The minimum absolute atomic E-state index is 0.0768. The van der Waals surface area contributed by atoms with E-state index in [-0.39, 0.29) is 18.3 Å². The zero-order chi connectivity index (χ0) is 22.2. The molecule has 3 rings (SSSR count). The molecule has 2 aromatic heterocycles. The van der Waals surface area contributed by atoms with Gasteiger partial charge < -0.3 is 20.9 Å². The third kappa shape index (κ3) is 6.50. The van der Waals surface area contributed by atoms with Gasteiger partial charge in [-0.2, -0.15) is 4.98 Å². The predicted octanol–water partition coefficient (Wildman–Crippen LogP) is 3.53. The molecule has 0 radical (unpaired) electrons. The monoisotopic (exact) mass is 428 g/mol. The van der Waals surface area contributed by atoms with E-state index in [9.17, 15) is 9.90 Å². The normalized spacial score (nSPS) is 14.3. The van der Waals surface area contributed by atoms with Crippen LogP contribution in [0.1, 0.15) is 80.0 Å². The first-order valence-corrected chi connectivity index (χ1v) is 10.9. The summed E-state index contributed by atoms with van der Waals surface area (Å²) in [6.07, 6.45) is 11.5. The van der Waals surface area contributed by atoms with Crippen molar-refractivity contribution in [3.05, 3.63) is 29.2 Å². The number of aromatic nitrogens is 4. The summed E-state index contributed by atoms with van der Waals surface area (Å²) in [5, 5.41) is 12.2. The van der Waals surface area contributed by atoms with Crippen LogP contribution in [0.2, 0.25) is 0 Å². The molecule has 0 aromatic carbocycles. The van der Waals surface area contributed by atoms with E-state index in [1.54, 1.807) is 19.4 Å². The number of unbranched alkanes of at least 4 members (excludes halogenated alkanes) is 3. The predicted molar refractivity (Wildman–Crippen MR) is 118 cm³/mol. The fraction of sp³-hybridized carbons (Fsp3) is 0.591. The van der Waals surface area contributed by atoms with Crippen LogP contribution in [0, 0.1) is 0 Å². The number of methoxy groups -OCH3 is 1. The highest BCUT2D eigenvalue weighted by atomic mass is 16.5. The number of hydrogen-bond acceptors (Lipinski definition) is 8. The summed E-state index contributed by atoms with van der Waals surface area (Å²) >= 11 is 0. The van der Waals surface area contributed by atoms with Crippen molar-refractivity contribution in [3.63, 3.8) is 0 Å². The van der Waals surface area contributed by atoms with Crippen molar-refractivity contribution in [1.29, 1.82) is 0 Å².